The van der Waals surface area contributed by atoms with E-state index in [4.69, 9.17) is 4.74 Å². The molecule has 3 aliphatic rings. The fourth-order valence-electron chi connectivity index (χ4n) is 3.42. The lowest BCUT2D eigenvalue weighted by Crippen LogP contribution is -2.41. The maximum Gasteiger partial charge on any atom is 0.416 e. The number of imide groups is 1. The molecule has 1 saturated carbocycles. The highest BCUT2D eigenvalue weighted by Gasteiger charge is 2.49. The first-order valence-electron chi connectivity index (χ1n) is 6.51. The van der Waals surface area contributed by atoms with Crippen LogP contribution in [0.15, 0.2) is 24.3 Å². The van der Waals surface area contributed by atoms with Gasteiger partial charge < -0.3 is 4.74 Å². The summed E-state index contributed by atoms with van der Waals surface area (Å²) in [6.45, 7) is 0.607. The van der Waals surface area contributed by atoms with E-state index in [1.165, 1.54) is 11.0 Å². The Labute approximate surface area is 110 Å². The van der Waals surface area contributed by atoms with Crippen LogP contribution in [0, 0.1) is 23.7 Å². The molecule has 1 aliphatic heterocycles. The number of rotatable bonds is 3. The summed E-state index contributed by atoms with van der Waals surface area (Å²) in [5.74, 6) is 0.0822. The van der Waals surface area contributed by atoms with Gasteiger partial charge in [-0.25, -0.2) is 9.69 Å². The van der Waals surface area contributed by atoms with Crippen LogP contribution in [-0.4, -0.2) is 36.3 Å². The molecular formula is C14H15NO4. The molecule has 0 N–H and O–H groups in total. The molecule has 5 nitrogen and oxygen atoms in total. The number of amides is 2. The molecular weight excluding hydrogens is 246 g/mol. The second-order valence-electron chi connectivity index (χ2n) is 5.18. The maximum absolute atomic E-state index is 12.5. The molecule has 1 saturated heterocycles. The summed E-state index contributed by atoms with van der Waals surface area (Å²) in [6, 6.07) is 0. The van der Waals surface area contributed by atoms with Crippen molar-refractivity contribution in [2.75, 3.05) is 13.2 Å². The number of allylic oxidation sites excluding steroid dienone is 4. The van der Waals surface area contributed by atoms with Gasteiger partial charge in [0.15, 0.2) is 0 Å². The van der Waals surface area contributed by atoms with Gasteiger partial charge in [0.2, 0.25) is 5.91 Å². The quantitative estimate of drug-likeness (QED) is 0.434. The molecule has 0 radical (unpaired) electrons. The molecule has 100 valence electrons. The molecule has 0 unspecified atom stereocenters. The van der Waals surface area contributed by atoms with E-state index in [0.717, 1.165) is 12.7 Å². The van der Waals surface area contributed by atoms with Gasteiger partial charge in [-0.3, -0.25) is 9.59 Å². The van der Waals surface area contributed by atoms with Crippen LogP contribution >= 0.6 is 0 Å². The van der Waals surface area contributed by atoms with Crippen molar-refractivity contribution in [1.29, 1.82) is 0 Å². The molecule has 0 aromatic carbocycles. The molecule has 1 heterocycles. The van der Waals surface area contributed by atoms with E-state index in [9.17, 15) is 14.4 Å². The first-order valence-corrected chi connectivity index (χ1v) is 6.51. The summed E-state index contributed by atoms with van der Waals surface area (Å²) in [6.07, 6.45) is 8.51. The van der Waals surface area contributed by atoms with Gasteiger partial charge in [-0.15, -0.1) is 0 Å². The predicted molar refractivity (Wildman–Crippen MR) is 66.0 cm³/mol. The summed E-state index contributed by atoms with van der Waals surface area (Å²) >= 11 is 0. The first-order chi connectivity index (χ1) is 9.22. The lowest BCUT2D eigenvalue weighted by atomic mass is 9.82. The topological polar surface area (TPSA) is 63.7 Å². The first kappa shape index (κ1) is 12.1. The molecule has 2 fully saturated rings. The van der Waals surface area contributed by atoms with E-state index < -0.39 is 6.09 Å². The Balaban J connectivity index is 1.83. The van der Waals surface area contributed by atoms with Gasteiger partial charge in [0.25, 0.3) is 0 Å². The van der Waals surface area contributed by atoms with Crippen LogP contribution in [0.1, 0.15) is 6.42 Å². The second-order valence-corrected chi connectivity index (χ2v) is 5.18. The Kier molecular flexibility index (Phi) is 2.97. The second kappa shape index (κ2) is 4.64. The zero-order valence-corrected chi connectivity index (χ0v) is 10.4. The Morgan fingerprint density at radius 2 is 2.16 bits per heavy atom. The lowest BCUT2D eigenvalue weighted by molar-refractivity contribution is -0.133. The van der Waals surface area contributed by atoms with Crippen molar-refractivity contribution in [3.63, 3.8) is 0 Å². The van der Waals surface area contributed by atoms with Crippen LogP contribution in [0.2, 0.25) is 0 Å². The van der Waals surface area contributed by atoms with E-state index in [-0.39, 0.29) is 30.3 Å². The Morgan fingerprint density at radius 3 is 2.84 bits per heavy atom. The standard InChI is InChI=1S/C14H15NO4/c16-6-1-2-11-9-3-4-10(8-9)12(11)13(17)15-5-7-19-14(15)18/h1-4,6,9-12H,5,7-8H2/b2-1+/t9-,10+,11+,12+/m0/s1. The SMILES string of the molecule is O=C/C=C/[C@H]1[C@H](C(=O)N2CCOC2=O)[C@@H]2C=C[C@H]1C2. The van der Waals surface area contributed by atoms with Crippen LogP contribution in [-0.2, 0) is 14.3 Å². The predicted octanol–water partition coefficient (Wildman–Crippen LogP) is 1.16. The summed E-state index contributed by atoms with van der Waals surface area (Å²) in [5.41, 5.74) is 0. The van der Waals surface area contributed by atoms with Crippen LogP contribution in [0.3, 0.4) is 0 Å². The largest absolute Gasteiger partial charge is 0.447 e. The number of carbonyl (C=O) groups excluding carboxylic acids is 3. The Bertz CT molecular complexity index is 482. The van der Waals surface area contributed by atoms with Crippen molar-refractivity contribution < 1.29 is 19.1 Å². The average Bonchev–Trinajstić information content (AvgIpc) is 3.10. The minimum absolute atomic E-state index is 0.0149. The normalized spacial score (nSPS) is 36.2. The molecule has 2 bridgehead atoms. The van der Waals surface area contributed by atoms with Gasteiger partial charge in [0.1, 0.15) is 12.9 Å². The van der Waals surface area contributed by atoms with Gasteiger partial charge in [-0.2, -0.15) is 0 Å². The molecule has 4 atom stereocenters. The Hall–Kier alpha value is -1.91. The summed E-state index contributed by atoms with van der Waals surface area (Å²) in [4.78, 5) is 35.7. The molecule has 0 aromatic rings. The Morgan fingerprint density at radius 1 is 1.37 bits per heavy atom. The highest BCUT2D eigenvalue weighted by molar-refractivity contribution is 5.95. The fourth-order valence-corrected chi connectivity index (χ4v) is 3.42. The van der Waals surface area contributed by atoms with Crippen molar-refractivity contribution in [3.05, 3.63) is 24.3 Å². The summed E-state index contributed by atoms with van der Waals surface area (Å²) < 4.78 is 4.82. The van der Waals surface area contributed by atoms with Crippen LogP contribution < -0.4 is 0 Å². The van der Waals surface area contributed by atoms with E-state index in [0.29, 0.717) is 12.5 Å². The van der Waals surface area contributed by atoms with Crippen molar-refractivity contribution >= 4 is 18.3 Å². The van der Waals surface area contributed by atoms with E-state index in [1.54, 1.807) is 6.08 Å². The number of cyclic esters (lactones) is 1. The number of carbonyl (C=O) groups is 3. The number of aldehydes is 1. The van der Waals surface area contributed by atoms with Crippen LogP contribution in [0.4, 0.5) is 4.79 Å². The summed E-state index contributed by atoms with van der Waals surface area (Å²) in [5, 5.41) is 0. The van der Waals surface area contributed by atoms with Crippen molar-refractivity contribution in [3.8, 4) is 0 Å². The molecule has 2 aliphatic carbocycles. The van der Waals surface area contributed by atoms with Gasteiger partial charge in [-0.05, 0) is 30.3 Å². The van der Waals surface area contributed by atoms with Crippen LogP contribution in [0.5, 0.6) is 0 Å². The lowest BCUT2D eigenvalue weighted by Gasteiger charge is -2.26. The molecule has 19 heavy (non-hydrogen) atoms. The third kappa shape index (κ3) is 1.89. The van der Waals surface area contributed by atoms with E-state index in [1.807, 2.05) is 0 Å². The minimum atomic E-state index is -0.546. The van der Waals surface area contributed by atoms with Gasteiger partial charge in [-0.1, -0.05) is 18.2 Å². The number of ether oxygens (including phenoxy) is 1. The van der Waals surface area contributed by atoms with E-state index >= 15 is 0 Å². The van der Waals surface area contributed by atoms with Gasteiger partial charge in [0.05, 0.1) is 12.5 Å². The highest BCUT2D eigenvalue weighted by Crippen LogP contribution is 2.49. The fraction of sp³-hybridized carbons (Fsp3) is 0.500. The highest BCUT2D eigenvalue weighted by atomic mass is 16.6. The molecule has 5 heteroatoms. The number of fused-ring (bicyclic) bond motifs is 2. The zero-order valence-electron chi connectivity index (χ0n) is 10.4. The monoisotopic (exact) mass is 261 g/mol. The maximum atomic E-state index is 12.5. The van der Waals surface area contributed by atoms with Crippen molar-refractivity contribution in [1.82, 2.24) is 4.90 Å². The number of nitrogens with zero attached hydrogens (tertiary/aromatic N) is 1. The molecule has 0 aromatic heterocycles. The van der Waals surface area contributed by atoms with Crippen molar-refractivity contribution in [2.24, 2.45) is 23.7 Å². The van der Waals surface area contributed by atoms with Crippen molar-refractivity contribution in [2.45, 2.75) is 6.42 Å². The zero-order chi connectivity index (χ0) is 13.4. The van der Waals surface area contributed by atoms with Gasteiger partial charge >= 0.3 is 6.09 Å². The molecule has 0 spiro atoms. The third-order valence-corrected chi connectivity index (χ3v) is 4.24. The van der Waals surface area contributed by atoms with Gasteiger partial charge in [0, 0.05) is 0 Å². The van der Waals surface area contributed by atoms with E-state index in [2.05, 4.69) is 12.2 Å². The summed E-state index contributed by atoms with van der Waals surface area (Å²) in [7, 11) is 0. The number of hydrogen-bond acceptors (Lipinski definition) is 4. The minimum Gasteiger partial charge on any atom is -0.447 e. The molecule has 3 rings (SSSR count). The van der Waals surface area contributed by atoms with Crippen LogP contribution in [0.25, 0.3) is 0 Å². The third-order valence-electron chi connectivity index (χ3n) is 4.24. The number of hydrogen-bond donors (Lipinski definition) is 0. The molecule has 2 amide bonds. The smallest absolute Gasteiger partial charge is 0.416 e. The average molecular weight is 261 g/mol.